The number of hydrogen-bond donors (Lipinski definition) is 2. The highest BCUT2D eigenvalue weighted by molar-refractivity contribution is 7.90. The molecule has 1 aliphatic carbocycles. The Balaban J connectivity index is 1.79. The lowest BCUT2D eigenvalue weighted by Gasteiger charge is -2.32. The van der Waals surface area contributed by atoms with Crippen molar-refractivity contribution in [1.29, 1.82) is 0 Å². The van der Waals surface area contributed by atoms with E-state index in [4.69, 9.17) is 5.11 Å². The number of fused-ring (bicyclic) bond motifs is 1. The summed E-state index contributed by atoms with van der Waals surface area (Å²) < 4.78 is 25.4. The van der Waals surface area contributed by atoms with Crippen LogP contribution >= 0.6 is 0 Å². The van der Waals surface area contributed by atoms with Crippen LogP contribution in [0.1, 0.15) is 40.5 Å². The molecule has 0 radical (unpaired) electrons. The number of carboxylic acids is 1. The van der Waals surface area contributed by atoms with Gasteiger partial charge in [0.05, 0.1) is 11.5 Å². The highest BCUT2D eigenvalue weighted by Gasteiger charge is 2.41. The molecule has 3 rings (SSSR count). The summed E-state index contributed by atoms with van der Waals surface area (Å²) in [6, 6.07) is 3.69. The van der Waals surface area contributed by atoms with E-state index in [2.05, 4.69) is 5.32 Å². The number of carbonyl (C=O) groups is 3. The third-order valence-electron chi connectivity index (χ3n) is 4.38. The highest BCUT2D eigenvalue weighted by Crippen LogP contribution is 2.31. The average molecular weight is 352 g/mol. The molecule has 8 nitrogen and oxygen atoms in total. The molecule has 1 fully saturated rings. The number of aliphatic carboxylic acids is 1. The number of sulfonamides is 1. The van der Waals surface area contributed by atoms with E-state index in [0.29, 0.717) is 12.8 Å². The van der Waals surface area contributed by atoms with Crippen LogP contribution in [0.15, 0.2) is 23.1 Å². The largest absolute Gasteiger partial charge is 0.481 e. The number of carbonyl (C=O) groups excluding carboxylic acids is 2. The molecule has 2 amide bonds. The van der Waals surface area contributed by atoms with Gasteiger partial charge in [-0.05, 0) is 38.0 Å². The third-order valence-corrected chi connectivity index (χ3v) is 6.28. The van der Waals surface area contributed by atoms with Gasteiger partial charge in [-0.3, -0.25) is 14.4 Å². The molecule has 0 atom stereocenters. The van der Waals surface area contributed by atoms with E-state index in [0.717, 1.165) is 4.31 Å². The van der Waals surface area contributed by atoms with Gasteiger partial charge in [-0.1, -0.05) is 0 Å². The molecule has 9 heteroatoms. The molecule has 0 saturated heterocycles. The molecule has 0 unspecified atom stereocenters. The number of nitrogens with zero attached hydrogens (tertiary/aromatic N) is 1. The molecule has 1 heterocycles. The fraction of sp³-hybridized carbons (Fsp3) is 0.400. The second-order valence-corrected chi connectivity index (χ2v) is 7.69. The van der Waals surface area contributed by atoms with E-state index >= 15 is 0 Å². The van der Waals surface area contributed by atoms with Crippen LogP contribution in [0, 0.1) is 5.92 Å². The highest BCUT2D eigenvalue weighted by atomic mass is 32.2. The van der Waals surface area contributed by atoms with Crippen molar-refractivity contribution in [2.45, 2.75) is 30.7 Å². The van der Waals surface area contributed by atoms with Crippen molar-refractivity contribution in [3.8, 4) is 0 Å². The van der Waals surface area contributed by atoms with Gasteiger partial charge in [0.2, 0.25) is 0 Å². The summed E-state index contributed by atoms with van der Waals surface area (Å²) in [5.74, 6) is -2.42. The van der Waals surface area contributed by atoms with Crippen LogP contribution < -0.4 is 5.32 Å². The summed E-state index contributed by atoms with van der Waals surface area (Å²) in [6.45, 7) is 1.58. The van der Waals surface area contributed by atoms with Crippen LogP contribution in [0.3, 0.4) is 0 Å². The maximum Gasteiger partial charge on any atom is 0.306 e. The Labute approximate surface area is 138 Å². The summed E-state index contributed by atoms with van der Waals surface area (Å²) in [6.07, 6.45) is 0.707. The smallest absolute Gasteiger partial charge is 0.306 e. The lowest BCUT2D eigenvalue weighted by Crippen LogP contribution is -2.46. The monoisotopic (exact) mass is 352 g/mol. The summed E-state index contributed by atoms with van der Waals surface area (Å²) in [5.41, 5.74) is 0.185. The van der Waals surface area contributed by atoms with Crippen molar-refractivity contribution in [1.82, 2.24) is 9.62 Å². The van der Waals surface area contributed by atoms with Gasteiger partial charge in [0.15, 0.2) is 0 Å². The van der Waals surface area contributed by atoms with E-state index < -0.39 is 33.7 Å². The Morgan fingerprint density at radius 2 is 2.00 bits per heavy atom. The van der Waals surface area contributed by atoms with Gasteiger partial charge in [0.1, 0.15) is 4.90 Å². The molecule has 0 spiro atoms. The van der Waals surface area contributed by atoms with Gasteiger partial charge in [-0.25, -0.2) is 12.7 Å². The number of nitrogens with one attached hydrogen (secondary N) is 1. The van der Waals surface area contributed by atoms with Crippen LogP contribution in [0.25, 0.3) is 0 Å². The van der Waals surface area contributed by atoms with Gasteiger partial charge in [-0.2, -0.15) is 0 Å². The molecule has 128 valence electrons. The SMILES string of the molecule is CCN1C(=O)c2ccc(C(=O)NC3CC(C(=O)O)C3)cc2S1(=O)=O. The zero-order valence-electron chi connectivity index (χ0n) is 12.9. The first-order valence-corrected chi connectivity index (χ1v) is 8.94. The third kappa shape index (κ3) is 2.44. The number of hydrogen-bond acceptors (Lipinski definition) is 5. The number of benzene rings is 1. The Morgan fingerprint density at radius 3 is 2.58 bits per heavy atom. The zero-order chi connectivity index (χ0) is 17.6. The van der Waals surface area contributed by atoms with E-state index in [9.17, 15) is 22.8 Å². The van der Waals surface area contributed by atoms with Crippen molar-refractivity contribution in [3.05, 3.63) is 29.3 Å². The first-order chi connectivity index (χ1) is 11.3. The minimum atomic E-state index is -3.92. The van der Waals surface area contributed by atoms with Crippen LogP contribution in [-0.4, -0.2) is 48.2 Å². The molecule has 24 heavy (non-hydrogen) atoms. The van der Waals surface area contributed by atoms with E-state index in [-0.39, 0.29) is 28.6 Å². The lowest BCUT2D eigenvalue weighted by molar-refractivity contribution is -0.145. The van der Waals surface area contributed by atoms with Crippen LogP contribution in [0.5, 0.6) is 0 Å². The van der Waals surface area contributed by atoms with Crippen molar-refractivity contribution < 1.29 is 27.9 Å². The van der Waals surface area contributed by atoms with Crippen molar-refractivity contribution in [3.63, 3.8) is 0 Å². The molecular weight excluding hydrogens is 336 g/mol. The van der Waals surface area contributed by atoms with Gasteiger partial charge in [-0.15, -0.1) is 0 Å². The summed E-state index contributed by atoms with van der Waals surface area (Å²) in [4.78, 5) is 34.9. The van der Waals surface area contributed by atoms with Crippen molar-refractivity contribution in [2.24, 2.45) is 5.92 Å². The summed E-state index contributed by atoms with van der Waals surface area (Å²) in [7, 11) is -3.92. The standard InChI is InChI=1S/C15H16N2O6S/c1-2-17-14(19)11-4-3-8(7-12(11)24(17,22)23)13(18)16-10-5-9(6-10)15(20)21/h3-4,7,9-10H,2,5-6H2,1H3,(H,16,18)(H,20,21). The molecule has 1 aliphatic heterocycles. The maximum absolute atomic E-state index is 12.3. The first-order valence-electron chi connectivity index (χ1n) is 7.50. The Bertz CT molecular complexity index is 842. The molecule has 0 bridgehead atoms. The summed E-state index contributed by atoms with van der Waals surface area (Å²) in [5, 5.41) is 11.5. The molecule has 2 aliphatic rings. The van der Waals surface area contributed by atoms with E-state index in [1.165, 1.54) is 18.2 Å². The predicted molar refractivity (Wildman–Crippen MR) is 82.0 cm³/mol. The minimum Gasteiger partial charge on any atom is -0.481 e. The Kier molecular flexibility index (Phi) is 3.83. The van der Waals surface area contributed by atoms with Crippen LogP contribution in [0.4, 0.5) is 0 Å². The van der Waals surface area contributed by atoms with Gasteiger partial charge in [0, 0.05) is 18.2 Å². The van der Waals surface area contributed by atoms with Gasteiger partial charge in [0.25, 0.3) is 21.8 Å². The lowest BCUT2D eigenvalue weighted by atomic mass is 9.80. The fourth-order valence-corrected chi connectivity index (χ4v) is 4.54. The number of rotatable bonds is 4. The van der Waals surface area contributed by atoms with Gasteiger partial charge >= 0.3 is 5.97 Å². The average Bonchev–Trinajstić information content (AvgIpc) is 2.68. The molecule has 1 aromatic rings. The molecule has 0 aromatic heterocycles. The first kappa shape index (κ1) is 16.4. The quantitative estimate of drug-likeness (QED) is 0.811. The fourth-order valence-electron chi connectivity index (χ4n) is 2.94. The molecule has 1 aromatic carbocycles. The molecule has 2 N–H and O–H groups in total. The number of amides is 2. The topological polar surface area (TPSA) is 121 Å². The van der Waals surface area contributed by atoms with Crippen molar-refractivity contribution >= 4 is 27.8 Å². The van der Waals surface area contributed by atoms with E-state index in [1.807, 2.05) is 0 Å². The molecular formula is C15H16N2O6S. The Hall–Kier alpha value is -2.42. The van der Waals surface area contributed by atoms with E-state index in [1.54, 1.807) is 6.92 Å². The van der Waals surface area contributed by atoms with Gasteiger partial charge < -0.3 is 10.4 Å². The maximum atomic E-state index is 12.3. The predicted octanol–water partition coefficient (Wildman–Crippen LogP) is 0.444. The minimum absolute atomic E-state index is 0.0238. The normalized spacial score (nSPS) is 24.2. The number of carboxylic acid groups (broad SMARTS) is 1. The van der Waals surface area contributed by atoms with Crippen molar-refractivity contribution in [2.75, 3.05) is 6.54 Å². The second kappa shape index (κ2) is 5.59. The molecule has 1 saturated carbocycles. The second-order valence-electron chi connectivity index (χ2n) is 5.86. The van der Waals surface area contributed by atoms with Crippen LogP contribution in [0.2, 0.25) is 0 Å². The Morgan fingerprint density at radius 1 is 1.33 bits per heavy atom. The zero-order valence-corrected chi connectivity index (χ0v) is 13.7. The summed E-state index contributed by atoms with van der Waals surface area (Å²) >= 11 is 0. The van der Waals surface area contributed by atoms with Crippen LogP contribution in [-0.2, 0) is 14.8 Å².